The van der Waals surface area contributed by atoms with Crippen LogP contribution >= 0.6 is 0 Å². The minimum atomic E-state index is 0.0306. The van der Waals surface area contributed by atoms with Gasteiger partial charge in [0.2, 0.25) is 0 Å². The van der Waals surface area contributed by atoms with Crippen LogP contribution in [0.25, 0.3) is 0 Å². The molecule has 0 aliphatic carbocycles. The fraction of sp³-hybridized carbons (Fsp3) is 0.364. The summed E-state index contributed by atoms with van der Waals surface area (Å²) in [5.41, 5.74) is 1.95. The maximum Gasteiger partial charge on any atom is 0.255 e. The molecule has 0 unspecified atom stereocenters. The lowest BCUT2D eigenvalue weighted by molar-refractivity contribution is -0.128. The SMILES string of the molecule is O=C1Cc2ccccc2N1OC1CNC1. The Bertz CT molecular complexity index is 401. The Morgan fingerprint density at radius 2 is 2.13 bits per heavy atom. The van der Waals surface area contributed by atoms with E-state index >= 15 is 0 Å². The molecule has 0 saturated carbocycles. The van der Waals surface area contributed by atoms with Crippen molar-refractivity contribution in [1.82, 2.24) is 5.32 Å². The van der Waals surface area contributed by atoms with Crippen molar-refractivity contribution in [3.63, 3.8) is 0 Å². The molecule has 0 bridgehead atoms. The van der Waals surface area contributed by atoms with Crippen molar-refractivity contribution in [3.05, 3.63) is 29.8 Å². The monoisotopic (exact) mass is 204 g/mol. The molecule has 4 nitrogen and oxygen atoms in total. The summed E-state index contributed by atoms with van der Waals surface area (Å²) in [6.45, 7) is 1.65. The summed E-state index contributed by atoms with van der Waals surface area (Å²) in [6.07, 6.45) is 0.594. The number of para-hydroxylation sites is 1. The van der Waals surface area contributed by atoms with Crippen molar-refractivity contribution in [2.45, 2.75) is 12.5 Å². The molecule has 2 heterocycles. The van der Waals surface area contributed by atoms with Crippen LogP contribution in [0.4, 0.5) is 5.69 Å². The number of fused-ring (bicyclic) bond motifs is 1. The maximum absolute atomic E-state index is 11.7. The summed E-state index contributed by atoms with van der Waals surface area (Å²) in [4.78, 5) is 17.3. The van der Waals surface area contributed by atoms with Gasteiger partial charge in [-0.15, -0.1) is 0 Å². The van der Waals surface area contributed by atoms with Gasteiger partial charge in [0.25, 0.3) is 5.91 Å². The third kappa shape index (κ3) is 1.42. The van der Waals surface area contributed by atoms with Crippen molar-refractivity contribution < 1.29 is 9.63 Å². The van der Waals surface area contributed by atoms with E-state index in [0.717, 1.165) is 24.3 Å². The maximum atomic E-state index is 11.7. The first-order valence-electron chi connectivity index (χ1n) is 5.13. The predicted molar refractivity (Wildman–Crippen MR) is 55.4 cm³/mol. The Kier molecular flexibility index (Phi) is 1.97. The molecular formula is C11H12N2O2. The van der Waals surface area contributed by atoms with E-state index in [1.54, 1.807) is 0 Å². The lowest BCUT2D eigenvalue weighted by Crippen LogP contribution is -2.52. The standard InChI is InChI=1S/C11H12N2O2/c14-11-5-8-3-1-2-4-10(8)13(11)15-9-6-12-7-9/h1-4,9,12H,5-7H2. The van der Waals surface area contributed by atoms with E-state index < -0.39 is 0 Å². The lowest BCUT2D eigenvalue weighted by atomic mass is 10.2. The van der Waals surface area contributed by atoms with Crippen LogP contribution in [-0.4, -0.2) is 25.1 Å². The summed E-state index contributed by atoms with van der Waals surface area (Å²) >= 11 is 0. The first kappa shape index (κ1) is 8.88. The smallest absolute Gasteiger partial charge is 0.255 e. The molecule has 0 atom stereocenters. The van der Waals surface area contributed by atoms with Crippen LogP contribution in [0.2, 0.25) is 0 Å². The Morgan fingerprint density at radius 3 is 2.87 bits per heavy atom. The minimum absolute atomic E-state index is 0.0306. The van der Waals surface area contributed by atoms with Gasteiger partial charge in [-0.05, 0) is 11.6 Å². The van der Waals surface area contributed by atoms with Gasteiger partial charge in [0, 0.05) is 13.1 Å². The van der Waals surface area contributed by atoms with Gasteiger partial charge in [-0.1, -0.05) is 18.2 Å². The van der Waals surface area contributed by atoms with Gasteiger partial charge in [-0.3, -0.25) is 9.63 Å². The molecule has 2 aliphatic rings. The van der Waals surface area contributed by atoms with Crippen LogP contribution in [0.1, 0.15) is 5.56 Å². The highest BCUT2D eigenvalue weighted by Gasteiger charge is 2.31. The highest BCUT2D eigenvalue weighted by molar-refractivity contribution is 5.99. The van der Waals surface area contributed by atoms with Crippen molar-refractivity contribution >= 4 is 11.6 Å². The largest absolute Gasteiger partial charge is 0.311 e. The van der Waals surface area contributed by atoms with E-state index in [-0.39, 0.29) is 12.0 Å². The van der Waals surface area contributed by atoms with E-state index in [1.807, 2.05) is 24.3 Å². The van der Waals surface area contributed by atoms with Crippen LogP contribution in [0.5, 0.6) is 0 Å². The highest BCUT2D eigenvalue weighted by Crippen LogP contribution is 2.29. The van der Waals surface area contributed by atoms with Gasteiger partial charge >= 0.3 is 0 Å². The Morgan fingerprint density at radius 1 is 1.33 bits per heavy atom. The highest BCUT2D eigenvalue weighted by atomic mass is 16.7. The van der Waals surface area contributed by atoms with Gasteiger partial charge in [0.15, 0.2) is 0 Å². The molecule has 1 N–H and O–H groups in total. The topological polar surface area (TPSA) is 41.6 Å². The van der Waals surface area contributed by atoms with Crippen LogP contribution in [-0.2, 0) is 16.1 Å². The second kappa shape index (κ2) is 3.32. The number of amides is 1. The van der Waals surface area contributed by atoms with Crippen LogP contribution in [0, 0.1) is 0 Å². The normalized spacial score (nSPS) is 20.3. The van der Waals surface area contributed by atoms with Gasteiger partial charge in [-0.2, -0.15) is 5.06 Å². The molecule has 1 amide bonds. The molecule has 1 aromatic rings. The summed E-state index contributed by atoms with van der Waals surface area (Å²) in [5, 5.41) is 4.56. The molecule has 0 radical (unpaired) electrons. The Balaban J connectivity index is 1.85. The second-order valence-electron chi connectivity index (χ2n) is 3.88. The van der Waals surface area contributed by atoms with Gasteiger partial charge in [0.05, 0.1) is 12.1 Å². The Hall–Kier alpha value is -1.39. The van der Waals surface area contributed by atoms with Gasteiger partial charge in [0.1, 0.15) is 6.10 Å². The zero-order chi connectivity index (χ0) is 10.3. The number of carbonyl (C=O) groups is 1. The number of nitrogens with zero attached hydrogens (tertiary/aromatic N) is 1. The average Bonchev–Trinajstić information content (AvgIpc) is 2.48. The fourth-order valence-electron chi connectivity index (χ4n) is 1.83. The van der Waals surface area contributed by atoms with Crippen molar-refractivity contribution in [1.29, 1.82) is 0 Å². The molecule has 1 fully saturated rings. The van der Waals surface area contributed by atoms with Crippen molar-refractivity contribution in [2.75, 3.05) is 18.2 Å². The number of hydrogen-bond acceptors (Lipinski definition) is 3. The third-order valence-corrected chi connectivity index (χ3v) is 2.78. The number of hydroxylamine groups is 1. The molecule has 78 valence electrons. The summed E-state index contributed by atoms with van der Waals surface area (Å²) < 4.78 is 0. The number of carbonyl (C=O) groups excluding carboxylic acids is 1. The van der Waals surface area contributed by atoms with Crippen LogP contribution in [0.15, 0.2) is 24.3 Å². The molecule has 0 spiro atoms. The summed E-state index contributed by atoms with van der Waals surface area (Å²) in [6, 6.07) is 7.76. The summed E-state index contributed by atoms with van der Waals surface area (Å²) in [5.74, 6) is 0.0306. The number of benzene rings is 1. The fourth-order valence-corrected chi connectivity index (χ4v) is 1.83. The third-order valence-electron chi connectivity index (χ3n) is 2.78. The van der Waals surface area contributed by atoms with Crippen molar-refractivity contribution in [2.24, 2.45) is 0 Å². The molecule has 3 rings (SSSR count). The first-order chi connectivity index (χ1) is 7.34. The number of anilines is 1. The molecule has 4 heteroatoms. The summed E-state index contributed by atoms with van der Waals surface area (Å²) in [7, 11) is 0. The second-order valence-corrected chi connectivity index (χ2v) is 3.88. The van der Waals surface area contributed by atoms with Crippen molar-refractivity contribution in [3.8, 4) is 0 Å². The number of hydrogen-bond donors (Lipinski definition) is 1. The predicted octanol–water partition coefficient (Wildman–Crippen LogP) is 0.479. The van der Waals surface area contributed by atoms with E-state index in [1.165, 1.54) is 5.06 Å². The van der Waals surface area contributed by atoms with Gasteiger partial charge < -0.3 is 5.32 Å². The van der Waals surface area contributed by atoms with E-state index in [4.69, 9.17) is 4.84 Å². The zero-order valence-corrected chi connectivity index (χ0v) is 8.27. The molecule has 1 aromatic carbocycles. The molecule has 2 aliphatic heterocycles. The Labute approximate surface area is 87.8 Å². The molecule has 0 aromatic heterocycles. The number of nitrogens with one attached hydrogen (secondary N) is 1. The van der Waals surface area contributed by atoms with Crippen LogP contribution < -0.4 is 10.4 Å². The van der Waals surface area contributed by atoms with Gasteiger partial charge in [-0.25, -0.2) is 0 Å². The molecular weight excluding hydrogens is 192 g/mol. The quantitative estimate of drug-likeness (QED) is 0.761. The molecule has 1 saturated heterocycles. The first-order valence-corrected chi connectivity index (χ1v) is 5.13. The minimum Gasteiger partial charge on any atom is -0.311 e. The average molecular weight is 204 g/mol. The number of rotatable bonds is 2. The van der Waals surface area contributed by atoms with Crippen LogP contribution in [0.3, 0.4) is 0 Å². The lowest BCUT2D eigenvalue weighted by Gasteiger charge is -2.30. The van der Waals surface area contributed by atoms with E-state index in [2.05, 4.69) is 5.32 Å². The van der Waals surface area contributed by atoms with E-state index in [9.17, 15) is 4.79 Å². The zero-order valence-electron chi connectivity index (χ0n) is 8.27. The van der Waals surface area contributed by atoms with E-state index in [0.29, 0.717) is 6.42 Å². The molecule has 15 heavy (non-hydrogen) atoms.